The minimum Gasteiger partial charge on any atom is -0.352 e. The van der Waals surface area contributed by atoms with Crippen molar-refractivity contribution in [3.63, 3.8) is 0 Å². The van der Waals surface area contributed by atoms with E-state index in [4.69, 9.17) is 17.3 Å². The molecule has 35 heavy (non-hydrogen) atoms. The highest BCUT2D eigenvalue weighted by molar-refractivity contribution is 7.13. The molecule has 7 nitrogen and oxygen atoms in total. The van der Waals surface area contributed by atoms with E-state index in [2.05, 4.69) is 27.2 Å². The summed E-state index contributed by atoms with van der Waals surface area (Å²) in [6, 6.07) is 6.81. The molecule has 3 aromatic rings. The fraction of sp³-hybridized carbons (Fsp3) is 0.480. The molecule has 4 N–H and O–H groups in total. The maximum absolute atomic E-state index is 13.8. The Labute approximate surface area is 220 Å². The van der Waals surface area contributed by atoms with Crippen molar-refractivity contribution in [1.29, 1.82) is 0 Å². The van der Waals surface area contributed by atoms with Crippen molar-refractivity contribution in [2.75, 3.05) is 13.6 Å². The fourth-order valence-electron chi connectivity index (χ4n) is 5.14. The van der Waals surface area contributed by atoms with Crippen LogP contribution in [0.15, 0.2) is 24.3 Å². The van der Waals surface area contributed by atoms with Gasteiger partial charge < -0.3 is 20.9 Å². The Bertz CT molecular complexity index is 1240. The molecule has 2 atom stereocenters. The summed E-state index contributed by atoms with van der Waals surface area (Å²) in [5.41, 5.74) is 8.01. The van der Waals surface area contributed by atoms with Crippen molar-refractivity contribution in [3.05, 3.63) is 50.6 Å². The number of aromatic amines is 1. The predicted molar refractivity (Wildman–Crippen MR) is 143 cm³/mol. The van der Waals surface area contributed by atoms with E-state index >= 15 is 0 Å². The molecule has 2 aliphatic rings. The minimum atomic E-state index is -1.20. The first-order chi connectivity index (χ1) is 16.3. The Hall–Kier alpha value is -1.97. The summed E-state index contributed by atoms with van der Waals surface area (Å²) in [6.45, 7) is 1.75. The molecule has 2 aromatic heterocycles. The number of nitrogens with two attached hydrogens (primary N) is 1. The van der Waals surface area contributed by atoms with Gasteiger partial charge in [0, 0.05) is 40.3 Å². The number of carbonyl (C=O) groups is 2. The van der Waals surface area contributed by atoms with Crippen LogP contribution in [-0.4, -0.2) is 51.7 Å². The molecule has 188 valence electrons. The lowest BCUT2D eigenvalue weighted by molar-refractivity contribution is 0.0775. The number of aromatic nitrogens is 2. The van der Waals surface area contributed by atoms with Gasteiger partial charge in [-0.1, -0.05) is 37.3 Å². The smallest absolute Gasteiger partial charge is 0.280 e. The first kappa shape index (κ1) is 26.1. The van der Waals surface area contributed by atoms with E-state index in [1.165, 1.54) is 11.3 Å². The Morgan fingerprint density at radius 1 is 1.26 bits per heavy atom. The van der Waals surface area contributed by atoms with Crippen LogP contribution < -0.4 is 11.1 Å². The van der Waals surface area contributed by atoms with Crippen molar-refractivity contribution >= 4 is 57.9 Å². The third-order valence-electron chi connectivity index (χ3n) is 7.13. The van der Waals surface area contributed by atoms with Gasteiger partial charge in [-0.3, -0.25) is 9.59 Å². The SMILES string of the molecule is CN1CCc2nc(C(=O)NC3CCCCCCC3(N)C(=O)c3cc4cc(Cl)ccc4[nH]3)sc2C1.Cl. The van der Waals surface area contributed by atoms with Gasteiger partial charge in [-0.25, -0.2) is 4.98 Å². The summed E-state index contributed by atoms with van der Waals surface area (Å²) in [5.74, 6) is -0.411. The van der Waals surface area contributed by atoms with Gasteiger partial charge in [0.25, 0.3) is 5.91 Å². The Balaban J connectivity index is 0.00000289. The second-order valence-electron chi connectivity index (χ2n) is 9.64. The number of rotatable bonds is 4. The van der Waals surface area contributed by atoms with Gasteiger partial charge in [0.05, 0.1) is 17.4 Å². The number of hydrogen-bond acceptors (Lipinski definition) is 6. The average Bonchev–Trinajstić information content (AvgIpc) is 3.41. The maximum atomic E-state index is 13.8. The molecule has 0 spiro atoms. The van der Waals surface area contributed by atoms with Crippen LogP contribution in [0.25, 0.3) is 10.9 Å². The van der Waals surface area contributed by atoms with E-state index in [1.807, 2.05) is 12.1 Å². The average molecular weight is 537 g/mol. The lowest BCUT2D eigenvalue weighted by atomic mass is 9.76. The highest BCUT2D eigenvalue weighted by Gasteiger charge is 2.44. The van der Waals surface area contributed by atoms with Crippen LogP contribution in [0.3, 0.4) is 0 Å². The van der Waals surface area contributed by atoms with E-state index in [9.17, 15) is 9.59 Å². The van der Waals surface area contributed by atoms with Crippen molar-refractivity contribution in [2.24, 2.45) is 5.73 Å². The van der Waals surface area contributed by atoms with Crippen LogP contribution in [-0.2, 0) is 13.0 Å². The normalized spacial score (nSPS) is 23.1. The number of nitrogens with zero attached hydrogens (tertiary/aromatic N) is 2. The van der Waals surface area contributed by atoms with E-state index in [0.717, 1.165) is 66.7 Å². The van der Waals surface area contributed by atoms with Crippen molar-refractivity contribution in [2.45, 2.75) is 63.1 Å². The molecule has 2 unspecified atom stereocenters. The van der Waals surface area contributed by atoms with Crippen molar-refractivity contribution < 1.29 is 9.59 Å². The van der Waals surface area contributed by atoms with Gasteiger partial charge in [-0.05, 0) is 44.2 Å². The lowest BCUT2D eigenvalue weighted by Crippen LogP contribution is -2.63. The molecule has 0 saturated heterocycles. The van der Waals surface area contributed by atoms with Gasteiger partial charge in [0.15, 0.2) is 5.01 Å². The maximum Gasteiger partial charge on any atom is 0.280 e. The number of thiazole rings is 1. The Morgan fingerprint density at radius 3 is 2.89 bits per heavy atom. The number of hydrogen-bond donors (Lipinski definition) is 3. The first-order valence-electron chi connectivity index (χ1n) is 11.9. The summed E-state index contributed by atoms with van der Waals surface area (Å²) in [5, 5.41) is 5.06. The van der Waals surface area contributed by atoms with Gasteiger partial charge in [-0.2, -0.15) is 0 Å². The summed E-state index contributed by atoms with van der Waals surface area (Å²) in [7, 11) is 2.07. The van der Waals surface area contributed by atoms with Crippen LogP contribution in [0.2, 0.25) is 5.02 Å². The zero-order chi connectivity index (χ0) is 23.9. The van der Waals surface area contributed by atoms with Crippen molar-refractivity contribution in [3.8, 4) is 0 Å². The molecular formula is C25H31Cl2N5O2S. The number of fused-ring (bicyclic) bond motifs is 2. The molecule has 3 heterocycles. The highest BCUT2D eigenvalue weighted by atomic mass is 35.5. The molecule has 1 aliphatic carbocycles. The zero-order valence-corrected chi connectivity index (χ0v) is 22.1. The van der Waals surface area contributed by atoms with E-state index in [-0.39, 0.29) is 24.1 Å². The number of likely N-dealkylation sites (N-methyl/N-ethyl adjacent to an activating group) is 1. The Morgan fingerprint density at radius 2 is 2.06 bits per heavy atom. The number of ketones is 1. The monoisotopic (exact) mass is 535 g/mol. The largest absolute Gasteiger partial charge is 0.352 e. The van der Waals surface area contributed by atoms with Crippen LogP contribution in [0.1, 0.15) is 69.4 Å². The summed E-state index contributed by atoms with van der Waals surface area (Å²) >= 11 is 7.57. The van der Waals surface area contributed by atoms with E-state index < -0.39 is 11.6 Å². The standard InChI is InChI=1S/C25H30ClN5O2S.ClH/c1-31-11-9-18-20(14-31)34-24(29-18)23(33)30-21-6-4-2-3-5-10-25(21,27)22(32)19-13-15-12-16(26)7-8-17(15)28-19;/h7-8,12-13,21,28H,2-6,9-11,14,27H2,1H3,(H,30,33);1H. The molecule has 0 bridgehead atoms. The lowest BCUT2D eigenvalue weighted by Gasteiger charge is -2.38. The molecule has 1 aliphatic heterocycles. The van der Waals surface area contributed by atoms with E-state index in [0.29, 0.717) is 28.6 Å². The van der Waals surface area contributed by atoms with Gasteiger partial charge in [-0.15, -0.1) is 23.7 Å². The topological polar surface area (TPSA) is 104 Å². The third kappa shape index (κ3) is 5.27. The summed E-state index contributed by atoms with van der Waals surface area (Å²) in [6.07, 6.45) is 5.89. The number of Topliss-reactive ketones (excluding diaryl/α,β-unsaturated/α-hetero) is 1. The van der Waals surface area contributed by atoms with Gasteiger partial charge in [0.2, 0.25) is 5.78 Å². The van der Waals surface area contributed by atoms with Crippen LogP contribution in [0.4, 0.5) is 0 Å². The number of benzene rings is 1. The number of carbonyl (C=O) groups excluding carboxylic acids is 2. The van der Waals surface area contributed by atoms with Gasteiger partial charge in [0.1, 0.15) is 5.54 Å². The number of H-pyrrole nitrogens is 1. The van der Waals surface area contributed by atoms with Gasteiger partial charge >= 0.3 is 0 Å². The summed E-state index contributed by atoms with van der Waals surface area (Å²) in [4.78, 5) is 38.3. The highest BCUT2D eigenvalue weighted by Crippen LogP contribution is 2.31. The van der Waals surface area contributed by atoms with Crippen LogP contribution >= 0.6 is 35.3 Å². The Kier molecular flexibility index (Phi) is 7.88. The molecule has 1 amide bonds. The van der Waals surface area contributed by atoms with E-state index in [1.54, 1.807) is 12.1 Å². The third-order valence-corrected chi connectivity index (χ3v) is 8.44. The number of nitrogens with one attached hydrogen (secondary N) is 2. The van der Waals surface area contributed by atoms with Crippen LogP contribution in [0.5, 0.6) is 0 Å². The molecule has 1 aromatic carbocycles. The molecule has 0 radical (unpaired) electrons. The number of amides is 1. The fourth-order valence-corrected chi connectivity index (χ4v) is 6.41. The molecule has 1 saturated carbocycles. The second kappa shape index (κ2) is 10.6. The van der Waals surface area contributed by atoms with Crippen LogP contribution in [0, 0.1) is 0 Å². The molecule has 10 heteroatoms. The first-order valence-corrected chi connectivity index (χ1v) is 13.1. The predicted octanol–water partition coefficient (Wildman–Crippen LogP) is 4.72. The second-order valence-corrected chi connectivity index (χ2v) is 11.2. The molecular weight excluding hydrogens is 505 g/mol. The zero-order valence-electron chi connectivity index (χ0n) is 19.7. The summed E-state index contributed by atoms with van der Waals surface area (Å²) < 4.78 is 0. The number of halogens is 2. The molecule has 1 fully saturated rings. The quantitative estimate of drug-likeness (QED) is 0.419. The molecule has 5 rings (SSSR count). The minimum absolute atomic E-state index is 0. The van der Waals surface area contributed by atoms with Crippen molar-refractivity contribution in [1.82, 2.24) is 20.2 Å².